The predicted molar refractivity (Wildman–Crippen MR) is 98.4 cm³/mol. The average Bonchev–Trinajstić information content (AvgIpc) is 2.68. The van der Waals surface area contributed by atoms with Gasteiger partial charge in [0.2, 0.25) is 0 Å². The molecule has 1 aliphatic rings. The van der Waals surface area contributed by atoms with Crippen LogP contribution in [0.4, 0.5) is 0 Å². The molecule has 2 aromatic carbocycles. The van der Waals surface area contributed by atoms with Crippen LogP contribution in [0.2, 0.25) is 0 Å². The highest BCUT2D eigenvalue weighted by Gasteiger charge is 2.22. The minimum atomic E-state index is -0.449. The Labute approximate surface area is 150 Å². The van der Waals surface area contributed by atoms with Crippen LogP contribution in [-0.2, 0) is 13.5 Å². The summed E-state index contributed by atoms with van der Waals surface area (Å²) in [6, 6.07) is 15.2. The van der Waals surface area contributed by atoms with Crippen LogP contribution in [0.15, 0.2) is 53.3 Å². The van der Waals surface area contributed by atoms with Crippen molar-refractivity contribution in [2.24, 2.45) is 13.0 Å². The topological polar surface area (TPSA) is 73.2 Å². The molecule has 0 radical (unpaired) electrons. The summed E-state index contributed by atoms with van der Waals surface area (Å²) >= 11 is 0. The Morgan fingerprint density at radius 3 is 2.88 bits per heavy atom. The monoisotopic (exact) mass is 349 g/mol. The van der Waals surface area contributed by atoms with E-state index in [1.54, 1.807) is 13.1 Å². The van der Waals surface area contributed by atoms with Gasteiger partial charge in [-0.1, -0.05) is 30.3 Å². The van der Waals surface area contributed by atoms with E-state index in [0.29, 0.717) is 24.2 Å². The minimum Gasteiger partial charge on any atom is -0.493 e. The Kier molecular flexibility index (Phi) is 4.16. The largest absolute Gasteiger partial charge is 0.493 e. The highest BCUT2D eigenvalue weighted by Crippen LogP contribution is 2.26. The number of aromatic nitrogens is 2. The Bertz CT molecular complexity index is 1040. The van der Waals surface area contributed by atoms with Gasteiger partial charge in [0.15, 0.2) is 5.69 Å². The molecule has 0 fully saturated rings. The van der Waals surface area contributed by atoms with E-state index < -0.39 is 11.5 Å². The van der Waals surface area contributed by atoms with Gasteiger partial charge in [-0.3, -0.25) is 9.59 Å². The number of carbonyl (C=O) groups excluding carboxylic acids is 1. The van der Waals surface area contributed by atoms with Gasteiger partial charge in [0.25, 0.3) is 11.5 Å². The number of rotatable bonds is 3. The maximum Gasteiger partial charge on any atom is 0.282 e. The molecule has 6 heteroatoms. The molecule has 1 aromatic heterocycles. The van der Waals surface area contributed by atoms with Crippen LogP contribution in [0.1, 0.15) is 16.1 Å². The van der Waals surface area contributed by atoms with Crippen LogP contribution in [0, 0.1) is 5.92 Å². The molecule has 0 aliphatic carbocycles. The van der Waals surface area contributed by atoms with Crippen molar-refractivity contribution >= 4 is 16.9 Å². The number of amides is 1. The molecular formula is C20H19N3O3. The van der Waals surface area contributed by atoms with E-state index in [1.165, 1.54) is 4.57 Å². The van der Waals surface area contributed by atoms with Gasteiger partial charge in [-0.05, 0) is 30.2 Å². The second-order valence-electron chi connectivity index (χ2n) is 6.51. The van der Waals surface area contributed by atoms with Crippen LogP contribution in [0.25, 0.3) is 11.0 Å². The number of nitrogens with zero attached hydrogens (tertiary/aromatic N) is 2. The number of hydrogen-bond donors (Lipinski definition) is 1. The van der Waals surface area contributed by atoms with Gasteiger partial charge in [-0.25, -0.2) is 4.98 Å². The summed E-state index contributed by atoms with van der Waals surface area (Å²) in [5.74, 6) is 0.619. The molecule has 3 aromatic rings. The number of hydrogen-bond acceptors (Lipinski definition) is 4. The zero-order valence-corrected chi connectivity index (χ0v) is 14.4. The molecule has 132 valence electrons. The third kappa shape index (κ3) is 2.94. The van der Waals surface area contributed by atoms with Crippen molar-refractivity contribution < 1.29 is 9.53 Å². The number of nitrogens with one attached hydrogen (secondary N) is 1. The van der Waals surface area contributed by atoms with Crippen LogP contribution >= 0.6 is 0 Å². The molecule has 4 rings (SSSR count). The number of benzene rings is 2. The summed E-state index contributed by atoms with van der Waals surface area (Å²) in [6.45, 7) is 0.977. The Balaban J connectivity index is 1.50. The molecule has 6 nitrogen and oxygen atoms in total. The molecule has 0 saturated heterocycles. The summed E-state index contributed by atoms with van der Waals surface area (Å²) in [6.07, 6.45) is 0.833. The molecule has 0 spiro atoms. The minimum absolute atomic E-state index is 0.0803. The number of carbonyl (C=O) groups is 1. The fourth-order valence-electron chi connectivity index (χ4n) is 3.27. The lowest BCUT2D eigenvalue weighted by atomic mass is 9.97. The molecule has 1 atom stereocenters. The SMILES string of the molecule is Cn1c(=O)c(C(=O)NCC2COc3ccccc3C2)nc2ccccc21. The zero-order valence-electron chi connectivity index (χ0n) is 14.4. The summed E-state index contributed by atoms with van der Waals surface area (Å²) in [5, 5.41) is 2.84. The van der Waals surface area contributed by atoms with E-state index >= 15 is 0 Å². The molecule has 1 aliphatic heterocycles. The summed E-state index contributed by atoms with van der Waals surface area (Å²) in [4.78, 5) is 29.2. The third-order valence-electron chi connectivity index (χ3n) is 4.70. The van der Waals surface area contributed by atoms with Crippen LogP contribution < -0.4 is 15.6 Å². The molecule has 1 unspecified atom stereocenters. The van der Waals surface area contributed by atoms with Crippen LogP contribution in [0.3, 0.4) is 0 Å². The molecule has 1 N–H and O–H groups in total. The van der Waals surface area contributed by atoms with Gasteiger partial charge < -0.3 is 14.6 Å². The molecular weight excluding hydrogens is 330 g/mol. The van der Waals surface area contributed by atoms with Gasteiger partial charge in [-0.15, -0.1) is 0 Å². The lowest BCUT2D eigenvalue weighted by Crippen LogP contribution is -2.38. The van der Waals surface area contributed by atoms with Crippen molar-refractivity contribution in [3.8, 4) is 5.75 Å². The van der Waals surface area contributed by atoms with E-state index in [-0.39, 0.29) is 11.6 Å². The lowest BCUT2D eigenvalue weighted by molar-refractivity contribution is 0.0932. The van der Waals surface area contributed by atoms with E-state index in [9.17, 15) is 9.59 Å². The van der Waals surface area contributed by atoms with E-state index in [0.717, 1.165) is 17.7 Å². The Morgan fingerprint density at radius 2 is 2.00 bits per heavy atom. The second-order valence-corrected chi connectivity index (χ2v) is 6.51. The van der Waals surface area contributed by atoms with Gasteiger partial charge in [0.1, 0.15) is 5.75 Å². The normalized spacial score (nSPS) is 16.0. The van der Waals surface area contributed by atoms with Crippen LogP contribution in [0.5, 0.6) is 5.75 Å². The van der Waals surface area contributed by atoms with E-state index in [1.807, 2.05) is 42.5 Å². The quantitative estimate of drug-likeness (QED) is 0.784. The first-order valence-corrected chi connectivity index (χ1v) is 8.58. The maximum atomic E-state index is 12.5. The second kappa shape index (κ2) is 6.63. The molecule has 2 heterocycles. The molecule has 0 saturated carbocycles. The van der Waals surface area contributed by atoms with E-state index in [4.69, 9.17) is 4.74 Å². The molecule has 0 bridgehead atoms. The summed E-state index contributed by atoms with van der Waals surface area (Å²) in [7, 11) is 1.65. The third-order valence-corrected chi connectivity index (χ3v) is 4.70. The standard InChI is InChI=1S/C20H19N3O3/c1-23-16-8-4-3-7-15(16)22-18(20(23)25)19(24)21-11-13-10-14-6-2-5-9-17(14)26-12-13/h2-9,13H,10-12H2,1H3,(H,21,24). The van der Waals surface area contributed by atoms with Crippen molar-refractivity contribution in [2.45, 2.75) is 6.42 Å². The molecule has 26 heavy (non-hydrogen) atoms. The number of fused-ring (bicyclic) bond motifs is 2. The number of aryl methyl sites for hydroxylation is 1. The van der Waals surface area contributed by atoms with Gasteiger partial charge >= 0.3 is 0 Å². The number of ether oxygens (including phenoxy) is 1. The molecule has 1 amide bonds. The Hall–Kier alpha value is -3.15. The zero-order chi connectivity index (χ0) is 18.1. The highest BCUT2D eigenvalue weighted by molar-refractivity contribution is 5.93. The fraction of sp³-hybridized carbons (Fsp3) is 0.250. The first-order chi connectivity index (χ1) is 12.6. The van der Waals surface area contributed by atoms with Crippen molar-refractivity contribution in [3.63, 3.8) is 0 Å². The van der Waals surface area contributed by atoms with E-state index in [2.05, 4.69) is 10.3 Å². The van der Waals surface area contributed by atoms with Crippen LogP contribution in [-0.4, -0.2) is 28.6 Å². The average molecular weight is 349 g/mol. The predicted octanol–water partition coefficient (Wildman–Crippen LogP) is 1.91. The Morgan fingerprint density at radius 1 is 1.23 bits per heavy atom. The van der Waals surface area contributed by atoms with Crippen molar-refractivity contribution in [3.05, 3.63) is 70.1 Å². The van der Waals surface area contributed by atoms with Crippen molar-refractivity contribution in [2.75, 3.05) is 13.2 Å². The van der Waals surface area contributed by atoms with Gasteiger partial charge in [0, 0.05) is 19.5 Å². The highest BCUT2D eigenvalue weighted by atomic mass is 16.5. The summed E-state index contributed by atoms with van der Waals surface area (Å²) in [5.41, 5.74) is 1.98. The summed E-state index contributed by atoms with van der Waals surface area (Å²) < 4.78 is 7.20. The van der Waals surface area contributed by atoms with Crippen molar-refractivity contribution in [1.82, 2.24) is 14.9 Å². The first-order valence-electron chi connectivity index (χ1n) is 8.58. The first kappa shape index (κ1) is 16.3. The van der Waals surface area contributed by atoms with Gasteiger partial charge in [0.05, 0.1) is 17.6 Å². The fourth-order valence-corrected chi connectivity index (χ4v) is 3.27. The smallest absolute Gasteiger partial charge is 0.282 e. The maximum absolute atomic E-state index is 12.5. The van der Waals surface area contributed by atoms with Gasteiger partial charge in [-0.2, -0.15) is 0 Å². The lowest BCUT2D eigenvalue weighted by Gasteiger charge is -2.25. The number of para-hydroxylation sites is 3. The van der Waals surface area contributed by atoms with Crippen molar-refractivity contribution in [1.29, 1.82) is 0 Å².